The van der Waals surface area contributed by atoms with E-state index in [0.29, 0.717) is 23.2 Å². The van der Waals surface area contributed by atoms with Crippen LogP contribution < -0.4 is 10.9 Å². The van der Waals surface area contributed by atoms with Crippen molar-refractivity contribution in [3.05, 3.63) is 64.1 Å². The molecule has 3 amide bonds. The Morgan fingerprint density at radius 3 is 2.24 bits per heavy atom. The molecule has 1 aromatic heterocycles. The molecule has 0 spiro atoms. The molecule has 7 heteroatoms. The second kappa shape index (κ2) is 6.72. The molecule has 0 unspecified atom stereocenters. The summed E-state index contributed by atoms with van der Waals surface area (Å²) in [5.74, 6) is -0.881. The Bertz CT molecular complexity index is 882. The lowest BCUT2D eigenvalue weighted by molar-refractivity contribution is -0.116. The van der Waals surface area contributed by atoms with Crippen LogP contribution in [-0.4, -0.2) is 33.7 Å². The van der Waals surface area contributed by atoms with Gasteiger partial charge in [0.15, 0.2) is 0 Å². The van der Waals surface area contributed by atoms with Gasteiger partial charge in [-0.15, -0.1) is 0 Å². The Labute approximate surface area is 143 Å². The average Bonchev–Trinajstić information content (AvgIpc) is 2.83. The van der Waals surface area contributed by atoms with Crippen LogP contribution in [0.25, 0.3) is 0 Å². The van der Waals surface area contributed by atoms with Gasteiger partial charge >= 0.3 is 0 Å². The van der Waals surface area contributed by atoms with Crippen LogP contribution in [0.3, 0.4) is 0 Å². The number of nitrogens with one attached hydrogen (secondary N) is 1. The van der Waals surface area contributed by atoms with Crippen molar-refractivity contribution >= 4 is 23.4 Å². The summed E-state index contributed by atoms with van der Waals surface area (Å²) >= 11 is 0. The third kappa shape index (κ3) is 3.35. The first kappa shape index (κ1) is 16.6. The highest BCUT2D eigenvalue weighted by Crippen LogP contribution is 2.22. The van der Waals surface area contributed by atoms with Crippen LogP contribution in [0.4, 0.5) is 5.69 Å². The van der Waals surface area contributed by atoms with E-state index in [0.717, 1.165) is 0 Å². The summed E-state index contributed by atoms with van der Waals surface area (Å²) in [4.78, 5) is 48.9. The number of carbonyl (C=O) groups excluding carboxylic acids is 3. The second-order valence-electron chi connectivity index (χ2n) is 5.83. The van der Waals surface area contributed by atoms with Crippen molar-refractivity contribution in [3.8, 4) is 0 Å². The molecule has 0 saturated carbocycles. The molecular formula is C18H17N3O4. The van der Waals surface area contributed by atoms with Crippen LogP contribution >= 0.6 is 0 Å². The highest BCUT2D eigenvalue weighted by Gasteiger charge is 2.34. The number of aromatic nitrogens is 1. The third-order valence-corrected chi connectivity index (χ3v) is 4.03. The van der Waals surface area contributed by atoms with E-state index in [9.17, 15) is 19.2 Å². The minimum absolute atomic E-state index is 0.163. The number of imide groups is 1. The zero-order valence-electron chi connectivity index (χ0n) is 13.7. The Balaban J connectivity index is 1.54. The Morgan fingerprint density at radius 2 is 1.64 bits per heavy atom. The first-order valence-electron chi connectivity index (χ1n) is 7.89. The molecule has 0 fully saturated rings. The number of hydrogen-bond donors (Lipinski definition) is 1. The number of nitrogens with zero attached hydrogens (tertiary/aromatic N) is 2. The first-order chi connectivity index (χ1) is 12.0. The van der Waals surface area contributed by atoms with Crippen molar-refractivity contribution in [1.82, 2.24) is 9.47 Å². The lowest BCUT2D eigenvalue weighted by Gasteiger charge is -2.13. The average molecular weight is 339 g/mol. The van der Waals surface area contributed by atoms with Crippen LogP contribution in [0.15, 0.2) is 47.4 Å². The molecule has 1 aromatic carbocycles. The summed E-state index contributed by atoms with van der Waals surface area (Å²) < 4.78 is 1.37. The topological polar surface area (TPSA) is 88.5 Å². The number of fused-ring (bicyclic) bond motifs is 1. The minimum atomic E-state index is -0.320. The van der Waals surface area contributed by atoms with E-state index < -0.39 is 0 Å². The molecule has 0 radical (unpaired) electrons. The van der Waals surface area contributed by atoms with Crippen LogP contribution in [-0.2, 0) is 11.8 Å². The van der Waals surface area contributed by atoms with E-state index in [1.54, 1.807) is 31.3 Å². The molecule has 0 aliphatic carbocycles. The zero-order valence-corrected chi connectivity index (χ0v) is 13.7. The predicted octanol–water partition coefficient (Wildman–Crippen LogP) is 1.40. The summed E-state index contributed by atoms with van der Waals surface area (Å²) in [7, 11) is 1.60. The smallest absolute Gasteiger partial charge is 0.261 e. The number of aryl methyl sites for hydroxylation is 1. The van der Waals surface area contributed by atoms with Gasteiger partial charge in [0.25, 0.3) is 11.8 Å². The van der Waals surface area contributed by atoms with Crippen molar-refractivity contribution in [2.75, 3.05) is 11.9 Å². The van der Waals surface area contributed by atoms with Gasteiger partial charge in [-0.1, -0.05) is 12.1 Å². The fourth-order valence-corrected chi connectivity index (χ4v) is 2.73. The van der Waals surface area contributed by atoms with Crippen molar-refractivity contribution in [3.63, 3.8) is 0 Å². The molecular weight excluding hydrogens is 322 g/mol. The van der Waals surface area contributed by atoms with Crippen LogP contribution in [0.5, 0.6) is 0 Å². The number of anilines is 1. The molecule has 7 nitrogen and oxygen atoms in total. The van der Waals surface area contributed by atoms with Gasteiger partial charge in [-0.05, 0) is 24.6 Å². The van der Waals surface area contributed by atoms with Crippen molar-refractivity contribution in [2.24, 2.45) is 7.05 Å². The Hall–Kier alpha value is -3.22. The number of pyridine rings is 1. The highest BCUT2D eigenvalue weighted by atomic mass is 16.2. The van der Waals surface area contributed by atoms with Gasteiger partial charge in [0.05, 0.1) is 16.8 Å². The maximum atomic E-state index is 12.2. The van der Waals surface area contributed by atoms with Crippen LogP contribution in [0.2, 0.25) is 0 Å². The fraction of sp³-hybridized carbons (Fsp3) is 0.222. The van der Waals surface area contributed by atoms with Gasteiger partial charge in [0, 0.05) is 32.3 Å². The Kier molecular flexibility index (Phi) is 4.47. The number of amides is 3. The first-order valence-corrected chi connectivity index (χ1v) is 7.89. The number of carbonyl (C=O) groups is 3. The fourth-order valence-electron chi connectivity index (χ4n) is 2.73. The number of hydrogen-bond acceptors (Lipinski definition) is 4. The molecule has 128 valence electrons. The van der Waals surface area contributed by atoms with Crippen LogP contribution in [0, 0.1) is 0 Å². The molecule has 2 aromatic rings. The molecule has 0 atom stereocenters. The van der Waals surface area contributed by atoms with E-state index in [4.69, 9.17) is 0 Å². The summed E-state index contributed by atoms with van der Waals surface area (Å²) in [6.07, 6.45) is 2.06. The normalized spacial score (nSPS) is 13.1. The quantitative estimate of drug-likeness (QED) is 0.834. The summed E-state index contributed by atoms with van der Waals surface area (Å²) in [5, 5.41) is 2.69. The third-order valence-electron chi connectivity index (χ3n) is 4.03. The predicted molar refractivity (Wildman–Crippen MR) is 91.4 cm³/mol. The molecule has 1 aliphatic rings. The summed E-state index contributed by atoms with van der Waals surface area (Å²) in [5.41, 5.74) is 1.17. The molecule has 1 aliphatic heterocycles. The number of rotatable bonds is 5. The van der Waals surface area contributed by atoms with Gasteiger partial charge in [0.1, 0.15) is 0 Å². The lowest BCUT2D eigenvalue weighted by atomic mass is 10.1. The van der Waals surface area contributed by atoms with Crippen molar-refractivity contribution in [1.29, 1.82) is 0 Å². The summed E-state index contributed by atoms with van der Waals surface area (Å²) in [6.45, 7) is 0.188. The van der Waals surface area contributed by atoms with Gasteiger partial charge in [0.2, 0.25) is 11.5 Å². The number of benzene rings is 1. The van der Waals surface area contributed by atoms with E-state index in [1.807, 2.05) is 0 Å². The summed E-state index contributed by atoms with van der Waals surface area (Å²) in [6, 6.07) is 9.59. The van der Waals surface area contributed by atoms with Gasteiger partial charge < -0.3 is 9.88 Å². The molecule has 3 rings (SSSR count). The maximum Gasteiger partial charge on any atom is 0.261 e. The van der Waals surface area contributed by atoms with E-state index in [2.05, 4.69) is 5.32 Å². The minimum Gasteiger partial charge on any atom is -0.325 e. The zero-order chi connectivity index (χ0) is 18.0. The lowest BCUT2D eigenvalue weighted by Crippen LogP contribution is -2.31. The van der Waals surface area contributed by atoms with Gasteiger partial charge in [-0.2, -0.15) is 0 Å². The monoisotopic (exact) mass is 339 g/mol. The molecule has 25 heavy (non-hydrogen) atoms. The molecule has 0 bridgehead atoms. The van der Waals surface area contributed by atoms with E-state index >= 15 is 0 Å². The van der Waals surface area contributed by atoms with Gasteiger partial charge in [-0.25, -0.2) is 0 Å². The van der Waals surface area contributed by atoms with E-state index in [1.165, 1.54) is 27.8 Å². The highest BCUT2D eigenvalue weighted by molar-refractivity contribution is 6.21. The second-order valence-corrected chi connectivity index (χ2v) is 5.83. The van der Waals surface area contributed by atoms with Crippen LogP contribution in [0.1, 0.15) is 33.6 Å². The SMILES string of the molecule is Cn1cc(NC(=O)CCCN2C(=O)c3ccccc3C2=O)ccc1=O. The van der Waals surface area contributed by atoms with Crippen molar-refractivity contribution in [2.45, 2.75) is 12.8 Å². The van der Waals surface area contributed by atoms with Crippen molar-refractivity contribution < 1.29 is 14.4 Å². The molecule has 0 saturated heterocycles. The van der Waals surface area contributed by atoms with E-state index in [-0.39, 0.29) is 36.2 Å². The largest absolute Gasteiger partial charge is 0.325 e. The standard InChI is InChI=1S/C18H17N3O4/c1-20-11-12(8-9-16(20)23)19-15(22)7-4-10-21-17(24)13-5-2-3-6-14(13)18(21)25/h2-3,5-6,8-9,11H,4,7,10H2,1H3,(H,19,22). The molecule has 1 N–H and O–H groups in total. The molecule has 2 heterocycles. The Morgan fingerprint density at radius 1 is 1.00 bits per heavy atom. The van der Waals surface area contributed by atoms with Gasteiger partial charge in [-0.3, -0.25) is 24.1 Å². The maximum absolute atomic E-state index is 12.2.